The number of nitrogens with one attached hydrogen (secondary N) is 1. The lowest BCUT2D eigenvalue weighted by molar-refractivity contribution is -0.188. The highest BCUT2D eigenvalue weighted by Gasteiger charge is 2.39. The summed E-state index contributed by atoms with van der Waals surface area (Å²) in [6.45, 7) is -1.29. The van der Waals surface area contributed by atoms with Crippen LogP contribution in [-0.2, 0) is 10.9 Å². The second kappa shape index (κ2) is 6.19. The molecule has 0 saturated heterocycles. The quantitative estimate of drug-likeness (QED) is 0.765. The van der Waals surface area contributed by atoms with Gasteiger partial charge in [-0.15, -0.1) is 0 Å². The summed E-state index contributed by atoms with van der Waals surface area (Å²) in [5.41, 5.74) is -0.657. The van der Waals surface area contributed by atoms with Gasteiger partial charge in [0.25, 0.3) is 0 Å². The van der Waals surface area contributed by atoms with Gasteiger partial charge in [-0.05, 0) is 37.8 Å². The third kappa shape index (κ3) is 4.26. The van der Waals surface area contributed by atoms with Gasteiger partial charge in [-0.1, -0.05) is 6.07 Å². The minimum atomic E-state index is -4.44. The summed E-state index contributed by atoms with van der Waals surface area (Å²) in [7, 11) is 0. The molecule has 3 nitrogen and oxygen atoms in total. The maximum absolute atomic E-state index is 12.9. The molecule has 1 aliphatic carbocycles. The van der Waals surface area contributed by atoms with E-state index >= 15 is 0 Å². The van der Waals surface area contributed by atoms with Crippen LogP contribution in [0.2, 0.25) is 0 Å². The van der Waals surface area contributed by atoms with Crippen molar-refractivity contribution in [1.29, 1.82) is 0 Å². The van der Waals surface area contributed by atoms with Gasteiger partial charge in [0.05, 0.1) is 11.7 Å². The Kier molecular flexibility index (Phi) is 4.47. The highest BCUT2D eigenvalue weighted by atomic mass is 19.4. The van der Waals surface area contributed by atoms with Gasteiger partial charge in [-0.25, -0.2) is 0 Å². The number of hydrogen-bond acceptors (Lipinski definition) is 3. The Morgan fingerprint density at radius 2 is 1.80 bits per heavy atom. The summed E-state index contributed by atoms with van der Waals surface area (Å²) in [5.74, 6) is 0. The number of aliphatic imine (C=N–C) groups is 1. The average molecular weight is 366 g/mol. The van der Waals surface area contributed by atoms with Crippen LogP contribution in [-0.4, -0.2) is 30.8 Å². The Hall–Kier alpha value is -1.77. The van der Waals surface area contributed by atoms with Crippen molar-refractivity contribution < 1.29 is 31.1 Å². The monoisotopic (exact) mass is 366 g/mol. The summed E-state index contributed by atoms with van der Waals surface area (Å²) in [6.07, 6.45) is -6.33. The molecule has 0 radical (unpaired) electrons. The number of ether oxygens (including phenoxy) is 1. The Morgan fingerprint density at radius 3 is 2.40 bits per heavy atom. The fourth-order valence-electron chi connectivity index (χ4n) is 3.13. The van der Waals surface area contributed by atoms with E-state index in [1.807, 2.05) is 0 Å². The Labute approximate surface area is 140 Å². The lowest BCUT2D eigenvalue weighted by Crippen LogP contribution is -2.44. The average Bonchev–Trinajstić information content (AvgIpc) is 2.52. The summed E-state index contributed by atoms with van der Waals surface area (Å²) in [4.78, 5) is 4.40. The van der Waals surface area contributed by atoms with Crippen molar-refractivity contribution in [1.82, 2.24) is 0 Å². The molecule has 1 aliphatic heterocycles. The molecular formula is C16H16F6N2O. The normalized spacial score (nSPS) is 26.4. The van der Waals surface area contributed by atoms with E-state index in [1.54, 1.807) is 0 Å². The van der Waals surface area contributed by atoms with Crippen LogP contribution in [0.5, 0.6) is 0 Å². The first-order valence-corrected chi connectivity index (χ1v) is 7.79. The predicted octanol–water partition coefficient (Wildman–Crippen LogP) is 4.77. The molecule has 1 heterocycles. The number of halogens is 6. The molecule has 1 spiro atoms. The number of anilines is 1. The van der Waals surface area contributed by atoms with Crippen LogP contribution in [0.4, 0.5) is 32.0 Å². The van der Waals surface area contributed by atoms with Crippen molar-refractivity contribution >= 4 is 11.9 Å². The molecule has 2 aliphatic rings. The van der Waals surface area contributed by atoms with Crippen molar-refractivity contribution in [2.75, 3.05) is 11.9 Å². The molecule has 0 unspecified atom stereocenters. The molecule has 3 rings (SSSR count). The molecular weight excluding hydrogens is 350 g/mol. The summed E-state index contributed by atoms with van der Waals surface area (Å²) >= 11 is 0. The molecule has 0 aromatic heterocycles. The minimum absolute atomic E-state index is 0.333. The van der Waals surface area contributed by atoms with E-state index in [2.05, 4.69) is 10.3 Å². The zero-order valence-corrected chi connectivity index (χ0v) is 13.0. The molecule has 0 atom stereocenters. The van der Waals surface area contributed by atoms with Gasteiger partial charge in [-0.2, -0.15) is 26.3 Å². The third-order valence-corrected chi connectivity index (χ3v) is 4.44. The van der Waals surface area contributed by atoms with E-state index in [4.69, 9.17) is 4.74 Å². The van der Waals surface area contributed by atoms with E-state index in [1.165, 1.54) is 12.3 Å². The maximum Gasteiger partial charge on any atom is 0.416 e. The standard InChI is InChI=1S/C16H16F6N2O/c17-15(18,19)9-25-12-3-5-14(6-4-12)23-8-10-1-2-11(16(20,21)22)7-13(10)24-14/h1-2,7-8,12,24H,3-6,9H2. The summed E-state index contributed by atoms with van der Waals surface area (Å²) < 4.78 is 80.0. The van der Waals surface area contributed by atoms with E-state index in [0.29, 0.717) is 36.9 Å². The number of nitrogens with zero attached hydrogens (tertiary/aromatic N) is 1. The first-order valence-electron chi connectivity index (χ1n) is 7.79. The van der Waals surface area contributed by atoms with Crippen molar-refractivity contribution in [2.45, 2.75) is 49.8 Å². The molecule has 1 aromatic carbocycles. The van der Waals surface area contributed by atoms with Gasteiger partial charge in [0, 0.05) is 17.5 Å². The second-order valence-corrected chi connectivity index (χ2v) is 6.34. The fraction of sp³-hybridized carbons (Fsp3) is 0.562. The number of benzene rings is 1. The molecule has 1 saturated carbocycles. The van der Waals surface area contributed by atoms with Crippen LogP contribution in [0.15, 0.2) is 23.2 Å². The van der Waals surface area contributed by atoms with Crippen molar-refractivity contribution in [2.24, 2.45) is 4.99 Å². The first kappa shape index (κ1) is 18.0. The molecule has 138 valence electrons. The SMILES string of the molecule is FC(F)(F)COC1CCC2(CC1)N=Cc1ccc(C(F)(F)F)cc1N2. The van der Waals surface area contributed by atoms with Gasteiger partial charge >= 0.3 is 12.4 Å². The van der Waals surface area contributed by atoms with Gasteiger partial charge in [0.15, 0.2) is 0 Å². The van der Waals surface area contributed by atoms with Crippen LogP contribution in [0.3, 0.4) is 0 Å². The highest BCUT2D eigenvalue weighted by molar-refractivity contribution is 5.90. The molecule has 1 N–H and O–H groups in total. The zero-order chi connectivity index (χ0) is 18.3. The molecule has 1 aromatic rings. The van der Waals surface area contributed by atoms with E-state index < -0.39 is 36.3 Å². The van der Waals surface area contributed by atoms with Crippen molar-refractivity contribution in [3.05, 3.63) is 29.3 Å². The van der Waals surface area contributed by atoms with Gasteiger partial charge in [-0.3, -0.25) is 4.99 Å². The number of rotatable bonds is 2. The van der Waals surface area contributed by atoms with Crippen LogP contribution in [0, 0.1) is 0 Å². The Morgan fingerprint density at radius 1 is 1.12 bits per heavy atom. The summed E-state index contributed by atoms with van der Waals surface area (Å²) in [6, 6.07) is 3.38. The van der Waals surface area contributed by atoms with Crippen molar-refractivity contribution in [3.8, 4) is 0 Å². The largest absolute Gasteiger partial charge is 0.416 e. The van der Waals surface area contributed by atoms with Crippen LogP contribution in [0.1, 0.15) is 36.8 Å². The van der Waals surface area contributed by atoms with Gasteiger partial charge in [0.2, 0.25) is 0 Å². The fourth-order valence-corrected chi connectivity index (χ4v) is 3.13. The zero-order valence-electron chi connectivity index (χ0n) is 13.0. The predicted molar refractivity (Wildman–Crippen MR) is 79.7 cm³/mol. The second-order valence-electron chi connectivity index (χ2n) is 6.34. The van der Waals surface area contributed by atoms with Crippen LogP contribution >= 0.6 is 0 Å². The molecule has 25 heavy (non-hydrogen) atoms. The van der Waals surface area contributed by atoms with E-state index in [9.17, 15) is 26.3 Å². The molecule has 1 fully saturated rings. The molecule has 0 bridgehead atoms. The van der Waals surface area contributed by atoms with Crippen LogP contribution in [0.25, 0.3) is 0 Å². The lowest BCUT2D eigenvalue weighted by atomic mass is 9.86. The smallest absolute Gasteiger partial charge is 0.369 e. The first-order chi connectivity index (χ1) is 11.6. The number of fused-ring (bicyclic) bond motifs is 1. The van der Waals surface area contributed by atoms with Gasteiger partial charge < -0.3 is 10.1 Å². The number of hydrogen-bond donors (Lipinski definition) is 1. The molecule has 0 amide bonds. The van der Waals surface area contributed by atoms with Gasteiger partial charge in [0.1, 0.15) is 12.3 Å². The van der Waals surface area contributed by atoms with Crippen LogP contribution < -0.4 is 5.32 Å². The van der Waals surface area contributed by atoms with E-state index in [-0.39, 0.29) is 0 Å². The van der Waals surface area contributed by atoms with Crippen molar-refractivity contribution in [3.63, 3.8) is 0 Å². The lowest BCUT2D eigenvalue weighted by Gasteiger charge is -2.40. The Bertz CT molecular complexity index is 660. The topological polar surface area (TPSA) is 33.6 Å². The Balaban J connectivity index is 1.67. The molecule has 9 heteroatoms. The highest BCUT2D eigenvalue weighted by Crippen LogP contribution is 2.39. The maximum atomic E-state index is 12.9. The van der Waals surface area contributed by atoms with E-state index in [0.717, 1.165) is 12.1 Å². The summed E-state index contributed by atoms with van der Waals surface area (Å²) in [5, 5.41) is 3.04. The number of alkyl halides is 6. The minimum Gasteiger partial charge on any atom is -0.369 e. The third-order valence-electron chi connectivity index (χ3n) is 4.44.